The first-order valence-corrected chi connectivity index (χ1v) is 26.9. The number of aromatic amines is 1. The van der Waals surface area contributed by atoms with Gasteiger partial charge in [-0.05, 0) is 31.7 Å². The number of aliphatic carboxylic acids is 5. The number of H-pyrrole nitrogens is 1. The second-order valence-corrected chi connectivity index (χ2v) is 20.2. The number of rotatable bonds is 36. The van der Waals surface area contributed by atoms with E-state index < -0.39 is 163 Å². The van der Waals surface area contributed by atoms with E-state index in [0.717, 1.165) is 0 Å². The largest absolute Gasteiger partial charge is 3.00 e. The minimum absolute atomic E-state index is 0. The van der Waals surface area contributed by atoms with Crippen LogP contribution in [0.15, 0.2) is 52.4 Å². The number of nitrogens with zero attached hydrogens (tertiary/aromatic N) is 5. The van der Waals surface area contributed by atoms with Crippen LogP contribution in [-0.4, -0.2) is 263 Å². The Balaban J connectivity index is 0.0000126. The van der Waals surface area contributed by atoms with Gasteiger partial charge in [-0.25, -0.2) is 9.78 Å². The quantitative estimate of drug-likeness (QED) is 0.0112. The Morgan fingerprint density at radius 3 is 1.74 bits per heavy atom. The van der Waals surface area contributed by atoms with Crippen molar-refractivity contribution in [2.24, 2.45) is 11.8 Å². The fraction of sp³-hybridized carbons (Fsp3) is 0.547. The summed E-state index contributed by atoms with van der Waals surface area (Å²) in [6, 6.07) is 0.414. The van der Waals surface area contributed by atoms with Crippen molar-refractivity contribution in [3.8, 4) is 0 Å². The summed E-state index contributed by atoms with van der Waals surface area (Å²) in [7, 11) is 0. The number of aliphatic hydroxyl groups is 2. The number of aliphatic hydroxyl groups excluding tert-OH is 2. The number of amides is 3. The molecule has 1 aromatic heterocycles. The van der Waals surface area contributed by atoms with Gasteiger partial charge in [0, 0.05) is 115 Å². The van der Waals surface area contributed by atoms with Crippen molar-refractivity contribution in [3.05, 3.63) is 74.6 Å². The Bertz CT molecular complexity index is 2820. The van der Waals surface area contributed by atoms with E-state index in [1.807, 2.05) is 0 Å². The van der Waals surface area contributed by atoms with Crippen molar-refractivity contribution in [1.29, 1.82) is 0 Å². The van der Waals surface area contributed by atoms with Crippen molar-refractivity contribution in [1.82, 2.24) is 45.5 Å². The zero-order valence-corrected chi connectivity index (χ0v) is 49.5. The number of carboxylic acid groups (broad SMARTS) is 5. The molecule has 0 radical (unpaired) electrons. The maximum atomic E-state index is 13.9. The van der Waals surface area contributed by atoms with Crippen LogP contribution in [-0.2, 0) is 65.6 Å². The normalized spacial score (nSPS) is 16.2. The molecule has 3 amide bonds. The average molecular weight is 1270 g/mol. The first kappa shape index (κ1) is 74.3. The topological polar surface area (TPSA) is 504 Å². The van der Waals surface area contributed by atoms with Gasteiger partial charge in [0.1, 0.15) is 35.8 Å². The third kappa shape index (κ3) is 24.3. The van der Waals surface area contributed by atoms with Crippen LogP contribution >= 0.6 is 0 Å². The summed E-state index contributed by atoms with van der Waals surface area (Å²) in [6.07, 6.45) is 0.577. The summed E-state index contributed by atoms with van der Waals surface area (Å²) >= 11 is 0. The van der Waals surface area contributed by atoms with Crippen LogP contribution in [0.3, 0.4) is 0 Å². The van der Waals surface area contributed by atoms with Gasteiger partial charge in [0.05, 0.1) is 62.4 Å². The van der Waals surface area contributed by atoms with Crippen LogP contribution in [0.1, 0.15) is 50.3 Å². The van der Waals surface area contributed by atoms with Crippen molar-refractivity contribution in [3.63, 3.8) is 0 Å². The number of aldehydes is 1. The Morgan fingerprint density at radius 1 is 0.686 bits per heavy atom. The van der Waals surface area contributed by atoms with Crippen LogP contribution in [0.2, 0.25) is 0 Å². The van der Waals surface area contributed by atoms with Gasteiger partial charge in [-0.3, -0.25) is 58.0 Å². The number of carbonyl (C=O) groups is 11. The second-order valence-electron chi connectivity index (χ2n) is 20.2. The molecule has 0 saturated carbocycles. The van der Waals surface area contributed by atoms with E-state index in [-0.39, 0.29) is 122 Å². The van der Waals surface area contributed by atoms with Gasteiger partial charge in [0.25, 0.3) is 10.9 Å². The first-order chi connectivity index (χ1) is 39.9. The SMILES string of the molecule is C[C@H](NC(=O)[C@H](CC(=O)O)Nc1c(NCCCC(C(=O)[O-])N2CCN(CC=O)CCN(CC(=O)[O-])CCN(CC(=O)[O-])CC2)c(=O)c1=O)C(=O)C[C@@H](Cc1cnc[nH]1)C(=O)N[C@@H](CO)C(=O)C[C@@H](Cc1ccccc1)C(=O)N[C@@H](CO)C(=O)O.[Ga+3].[OH-]. The van der Waals surface area contributed by atoms with Crippen molar-refractivity contribution >= 4 is 96.6 Å². The standard InChI is InChI=1S/C53H73N11O20.Ga.H2O/c1-31(40(68)22-34(21-35-25-54-30-56-35)50(79)59-37(28-66)41(69)23-33(20-32-6-3-2-4-7-32)49(78)60-38(29-67)52(81)82)57-51(80)36(24-42(70)71)58-46-45(47(76)48(46)77)55-9-5-8-39(53(83)84)64-16-14-61(18-19-65)10-11-62(26-43(72)73)12-13-63(15-17-64)27-44(74)75;;/h2-4,6-7,19,25,30-31,33-34,36-39,55,58,66-67H,5,8-18,20-24,26-29H2,1H3,(H,54,56)(H,57,80)(H,59,79)(H,60,78)(H,70,71)(H,72,73)(H,74,75)(H,81,82)(H,83,84);;1H2/q;+3;/p-4/t31-,33+,34+,36-,37-,38-,39?;;/m0../s1. The number of ketones is 2. The van der Waals surface area contributed by atoms with Crippen LogP contribution < -0.4 is 52.8 Å². The summed E-state index contributed by atoms with van der Waals surface area (Å²) in [5, 5.41) is 86.7. The number of imidazole rings is 1. The fourth-order valence-corrected chi connectivity index (χ4v) is 9.32. The van der Waals surface area contributed by atoms with Gasteiger partial charge in [-0.1, -0.05) is 30.3 Å². The van der Waals surface area contributed by atoms with Gasteiger partial charge < -0.3 is 92.0 Å². The summed E-state index contributed by atoms with van der Waals surface area (Å²) < 4.78 is 0. The van der Waals surface area contributed by atoms with Gasteiger partial charge in [-0.2, -0.15) is 0 Å². The molecule has 4 rings (SSSR count). The number of aromatic nitrogens is 2. The van der Waals surface area contributed by atoms with E-state index in [1.165, 1.54) is 34.1 Å². The third-order valence-electron chi connectivity index (χ3n) is 14.0. The number of Topliss-reactive ketones (excluding diaryl/α,β-unsaturated/α-hetero) is 2. The molecule has 1 aliphatic rings. The fourth-order valence-electron chi connectivity index (χ4n) is 9.32. The average Bonchev–Trinajstić information content (AvgIpc) is 1.26. The van der Waals surface area contributed by atoms with Gasteiger partial charge in [0.2, 0.25) is 17.7 Å². The van der Waals surface area contributed by atoms with Crippen molar-refractivity contribution in [2.75, 3.05) is 102 Å². The molecular formula is C53H71GaN11O21-. The zero-order chi connectivity index (χ0) is 62.0. The smallest absolute Gasteiger partial charge is 0.870 e. The van der Waals surface area contributed by atoms with E-state index in [2.05, 4.69) is 36.6 Å². The predicted octanol–water partition coefficient (Wildman–Crippen LogP) is -8.89. The first-order valence-electron chi connectivity index (χ1n) is 26.9. The Labute approximate surface area is 505 Å². The van der Waals surface area contributed by atoms with Gasteiger partial charge >= 0.3 is 31.7 Å². The van der Waals surface area contributed by atoms with E-state index in [0.29, 0.717) is 17.5 Å². The molecule has 1 aliphatic heterocycles. The second kappa shape index (κ2) is 37.6. The van der Waals surface area contributed by atoms with Crippen molar-refractivity contribution < 1.29 is 94.0 Å². The minimum atomic E-state index is -1.79. The van der Waals surface area contributed by atoms with Gasteiger partial charge in [-0.15, -0.1) is 0 Å². The van der Waals surface area contributed by atoms with E-state index >= 15 is 0 Å². The number of anilines is 2. The van der Waals surface area contributed by atoms with E-state index in [4.69, 9.17) is 0 Å². The molecule has 1 unspecified atom stereocenters. The molecule has 86 heavy (non-hydrogen) atoms. The monoisotopic (exact) mass is 1270 g/mol. The molecule has 7 atom stereocenters. The maximum Gasteiger partial charge on any atom is 3.00 e. The molecule has 3 aromatic rings. The molecular weight excluding hydrogens is 1200 g/mol. The number of nitrogens with one attached hydrogen (secondary N) is 6. The Kier molecular flexibility index (Phi) is 32.5. The summed E-state index contributed by atoms with van der Waals surface area (Å²) in [5.41, 5.74) is -2.15. The minimum Gasteiger partial charge on any atom is -0.870 e. The number of hydrogen-bond donors (Lipinski definition) is 10. The molecule has 33 heteroatoms. The molecule has 0 aliphatic carbocycles. The zero-order valence-electron chi connectivity index (χ0n) is 47.1. The molecule has 2 heterocycles. The molecule has 0 spiro atoms. The third-order valence-corrected chi connectivity index (χ3v) is 14.0. The van der Waals surface area contributed by atoms with Gasteiger partial charge in [0.15, 0.2) is 11.6 Å². The maximum absolute atomic E-state index is 13.9. The summed E-state index contributed by atoms with van der Waals surface area (Å²) in [6.45, 7) is -1.32. The summed E-state index contributed by atoms with van der Waals surface area (Å²) in [4.78, 5) is 178. The predicted molar refractivity (Wildman–Crippen MR) is 294 cm³/mol. The molecule has 32 nitrogen and oxygen atoms in total. The molecule has 468 valence electrons. The van der Waals surface area contributed by atoms with Crippen molar-refractivity contribution in [2.45, 2.75) is 82.1 Å². The molecule has 1 saturated heterocycles. The number of benzene rings is 1. The van der Waals surface area contributed by atoms with E-state index in [9.17, 15) is 98.1 Å². The van der Waals surface area contributed by atoms with Crippen LogP contribution in [0.5, 0.6) is 0 Å². The number of hydrogen-bond acceptors (Lipinski definition) is 26. The molecule has 0 bridgehead atoms. The Morgan fingerprint density at radius 2 is 1.22 bits per heavy atom. The van der Waals surface area contributed by atoms with Crippen LogP contribution in [0.4, 0.5) is 11.4 Å². The molecule has 1 fully saturated rings. The molecule has 2 aromatic carbocycles. The number of carbonyl (C=O) groups excluding carboxylic acids is 9. The summed E-state index contributed by atoms with van der Waals surface area (Å²) in [5.74, 6) is -14.6. The van der Waals surface area contributed by atoms with E-state index in [1.54, 1.807) is 35.2 Å². The van der Waals surface area contributed by atoms with Crippen LogP contribution in [0.25, 0.3) is 0 Å². The Hall–Kier alpha value is -7.76. The molecule has 11 N–H and O–H groups in total. The number of carboxylic acids is 5. The van der Waals surface area contributed by atoms with Crippen LogP contribution in [0, 0.1) is 11.8 Å².